The van der Waals surface area contributed by atoms with Crippen LogP contribution < -0.4 is 0 Å². The first kappa shape index (κ1) is 35.9. The minimum Gasteiger partial charge on any atom is -0.298 e. The van der Waals surface area contributed by atoms with E-state index in [9.17, 15) is 4.79 Å². The molecule has 0 atom stereocenters. The molecule has 0 saturated carbocycles. The van der Waals surface area contributed by atoms with Crippen molar-refractivity contribution in [3.05, 3.63) is 182 Å². The second-order valence-electron chi connectivity index (χ2n) is 16.9. The summed E-state index contributed by atoms with van der Waals surface area (Å²) in [6.07, 6.45) is 17.0. The van der Waals surface area contributed by atoms with E-state index in [0.29, 0.717) is 17.0 Å². The van der Waals surface area contributed by atoms with Crippen LogP contribution in [0.2, 0.25) is 0 Å². The molecule has 8 bridgehead atoms. The minimum absolute atomic E-state index is 0.00648. The zero-order chi connectivity index (χ0) is 38.8. The zero-order valence-electron chi connectivity index (χ0n) is 33.2. The van der Waals surface area contributed by atoms with Gasteiger partial charge in [0.15, 0.2) is 6.29 Å². The SMILES string of the molecule is Cc1cc(C)c(C2=C3C=CC(=N3)C(c3ccc(C(C)(C)C)cc3)=C3C=CC(=N3)C(C=O)=C3C=CC(=N3)C(c3ccc(C(C)(C)C)cc3)=C3C=CC2=N3)c(C)c1. The zero-order valence-corrected chi connectivity index (χ0v) is 33.2. The molecule has 3 aromatic rings. The van der Waals surface area contributed by atoms with E-state index < -0.39 is 0 Å². The number of carbonyl (C=O) groups is 1. The van der Waals surface area contributed by atoms with Crippen molar-refractivity contribution in [2.24, 2.45) is 20.0 Å². The first-order valence-electron chi connectivity index (χ1n) is 19.0. The number of hydrogen-bond donors (Lipinski definition) is 0. The predicted octanol–water partition coefficient (Wildman–Crippen LogP) is 11.3. The Balaban J connectivity index is 1.43. The number of aliphatic imine (C=N–C) groups is 4. The summed E-state index contributed by atoms with van der Waals surface area (Å²) in [5, 5.41) is 0. The third kappa shape index (κ3) is 6.58. The van der Waals surface area contributed by atoms with Crippen LogP contribution in [0.1, 0.15) is 86.1 Å². The summed E-state index contributed by atoms with van der Waals surface area (Å²) in [7, 11) is 0. The molecule has 0 radical (unpaired) electrons. The summed E-state index contributed by atoms with van der Waals surface area (Å²) in [5.41, 5.74) is 18.3. The quantitative estimate of drug-likeness (QED) is 0.248. The van der Waals surface area contributed by atoms with Crippen molar-refractivity contribution in [3.63, 3.8) is 0 Å². The molecule has 0 unspecified atom stereocenters. The molecule has 0 amide bonds. The third-order valence-corrected chi connectivity index (χ3v) is 10.8. The molecule has 0 saturated heterocycles. The fourth-order valence-electron chi connectivity index (χ4n) is 7.93. The van der Waals surface area contributed by atoms with Crippen molar-refractivity contribution in [3.8, 4) is 0 Å². The Morgan fingerprint density at radius 3 is 1.25 bits per heavy atom. The molecular weight excluding hydrogens is 673 g/mol. The average molecular weight is 719 g/mol. The van der Waals surface area contributed by atoms with Crippen LogP contribution >= 0.6 is 0 Å². The van der Waals surface area contributed by atoms with E-state index in [1.165, 1.54) is 27.8 Å². The molecule has 3 aromatic carbocycles. The minimum atomic E-state index is 0.00648. The van der Waals surface area contributed by atoms with Crippen LogP contribution in [0, 0.1) is 20.8 Å². The normalized spacial score (nSPS) is 17.8. The second-order valence-corrected chi connectivity index (χ2v) is 16.9. The molecule has 272 valence electrons. The van der Waals surface area contributed by atoms with Crippen LogP contribution in [-0.4, -0.2) is 29.1 Å². The Morgan fingerprint density at radius 1 is 0.455 bits per heavy atom. The van der Waals surface area contributed by atoms with E-state index in [0.717, 1.165) is 73.9 Å². The van der Waals surface area contributed by atoms with Crippen molar-refractivity contribution in [1.29, 1.82) is 0 Å². The molecule has 0 aliphatic carbocycles. The highest BCUT2D eigenvalue weighted by Gasteiger charge is 2.28. The van der Waals surface area contributed by atoms with E-state index in [-0.39, 0.29) is 10.8 Å². The van der Waals surface area contributed by atoms with Gasteiger partial charge in [-0.15, -0.1) is 0 Å². The van der Waals surface area contributed by atoms with E-state index in [1.807, 2.05) is 24.3 Å². The average Bonchev–Trinajstić information content (AvgIpc) is 3.96. The van der Waals surface area contributed by atoms with Crippen LogP contribution in [-0.2, 0) is 15.6 Å². The number of hydrogen-bond acceptors (Lipinski definition) is 5. The van der Waals surface area contributed by atoms with Crippen molar-refractivity contribution in [2.45, 2.75) is 73.1 Å². The van der Waals surface area contributed by atoms with Crippen LogP contribution in [0.15, 0.2) is 158 Å². The predicted molar refractivity (Wildman–Crippen MR) is 231 cm³/mol. The van der Waals surface area contributed by atoms with Gasteiger partial charge in [-0.1, -0.05) is 108 Å². The number of rotatable bonds is 4. The third-order valence-electron chi connectivity index (χ3n) is 10.8. The Labute approximate surface area is 324 Å². The second kappa shape index (κ2) is 13.3. The summed E-state index contributed by atoms with van der Waals surface area (Å²) in [4.78, 5) is 33.9. The van der Waals surface area contributed by atoms with E-state index in [2.05, 4.69) is 147 Å². The first-order chi connectivity index (χ1) is 26.2. The molecule has 5 heteroatoms. The maximum atomic E-state index is 12.9. The topological polar surface area (TPSA) is 66.5 Å². The molecule has 5 aliphatic rings. The molecule has 5 heterocycles. The maximum Gasteiger partial charge on any atom is 0.154 e. The highest BCUT2D eigenvalue weighted by atomic mass is 16.1. The lowest BCUT2D eigenvalue weighted by atomic mass is 9.85. The Kier molecular flexibility index (Phi) is 8.72. The van der Waals surface area contributed by atoms with Crippen LogP contribution in [0.4, 0.5) is 0 Å². The Hall–Kier alpha value is -6.07. The van der Waals surface area contributed by atoms with Crippen molar-refractivity contribution in [1.82, 2.24) is 0 Å². The van der Waals surface area contributed by atoms with E-state index in [4.69, 9.17) is 20.0 Å². The maximum absolute atomic E-state index is 12.9. The van der Waals surface area contributed by atoms with Gasteiger partial charge in [0.05, 0.1) is 51.2 Å². The molecule has 0 aromatic heterocycles. The molecular formula is C50H46N4O. The molecule has 0 fully saturated rings. The van der Waals surface area contributed by atoms with Crippen molar-refractivity contribution < 1.29 is 4.79 Å². The fraction of sp³-hybridized carbons (Fsp3) is 0.220. The van der Waals surface area contributed by atoms with Crippen molar-refractivity contribution in [2.75, 3.05) is 0 Å². The van der Waals surface area contributed by atoms with E-state index in [1.54, 1.807) is 0 Å². The van der Waals surface area contributed by atoms with Crippen LogP contribution in [0.25, 0.3) is 16.7 Å². The van der Waals surface area contributed by atoms with Gasteiger partial charge in [-0.2, -0.15) is 0 Å². The molecule has 5 nitrogen and oxygen atoms in total. The monoisotopic (exact) mass is 718 g/mol. The Bertz CT molecular complexity index is 2510. The number of benzene rings is 3. The first-order valence-corrected chi connectivity index (χ1v) is 19.0. The summed E-state index contributed by atoms with van der Waals surface area (Å²) in [6.45, 7) is 19.8. The molecule has 8 rings (SSSR count). The highest BCUT2D eigenvalue weighted by Crippen LogP contribution is 2.39. The molecule has 0 N–H and O–H groups in total. The number of nitrogens with zero attached hydrogens (tertiary/aromatic N) is 4. The number of carbonyl (C=O) groups excluding carboxylic acids is 1. The number of fused-ring (bicyclic) bond motifs is 4. The summed E-state index contributed by atoms with van der Waals surface area (Å²) >= 11 is 0. The van der Waals surface area contributed by atoms with Gasteiger partial charge in [-0.25, -0.2) is 20.0 Å². The van der Waals surface area contributed by atoms with Gasteiger partial charge in [0.1, 0.15) is 0 Å². The molecule has 55 heavy (non-hydrogen) atoms. The number of aryl methyl sites for hydroxylation is 3. The van der Waals surface area contributed by atoms with Gasteiger partial charge in [0, 0.05) is 16.7 Å². The van der Waals surface area contributed by atoms with Gasteiger partial charge in [0.2, 0.25) is 0 Å². The smallest absolute Gasteiger partial charge is 0.154 e. The lowest BCUT2D eigenvalue weighted by molar-refractivity contribution is -0.104. The van der Waals surface area contributed by atoms with Crippen molar-refractivity contribution >= 4 is 45.9 Å². The summed E-state index contributed by atoms with van der Waals surface area (Å²) in [6, 6.07) is 21.8. The lowest BCUT2D eigenvalue weighted by Crippen LogP contribution is -2.11. The Morgan fingerprint density at radius 2 is 0.818 bits per heavy atom. The van der Waals surface area contributed by atoms with Gasteiger partial charge >= 0.3 is 0 Å². The van der Waals surface area contributed by atoms with E-state index >= 15 is 0 Å². The highest BCUT2D eigenvalue weighted by molar-refractivity contribution is 6.38. The van der Waals surface area contributed by atoms with Gasteiger partial charge in [-0.3, -0.25) is 4.79 Å². The largest absolute Gasteiger partial charge is 0.298 e. The summed E-state index contributed by atoms with van der Waals surface area (Å²) < 4.78 is 0. The number of allylic oxidation sites excluding steroid dienone is 12. The van der Waals surface area contributed by atoms with Gasteiger partial charge < -0.3 is 0 Å². The summed E-state index contributed by atoms with van der Waals surface area (Å²) in [5.74, 6) is 0. The fourth-order valence-corrected chi connectivity index (χ4v) is 7.93. The van der Waals surface area contributed by atoms with Crippen LogP contribution in [0.5, 0.6) is 0 Å². The lowest BCUT2D eigenvalue weighted by Gasteiger charge is -2.20. The molecule has 0 spiro atoms. The van der Waals surface area contributed by atoms with Gasteiger partial charge in [0.25, 0.3) is 0 Å². The number of aldehydes is 1. The van der Waals surface area contributed by atoms with Crippen LogP contribution in [0.3, 0.4) is 0 Å². The van der Waals surface area contributed by atoms with Gasteiger partial charge in [-0.05, 0) is 119 Å². The standard InChI is InChI=1S/C50H46N4O/c1-29-26-30(2)45(31(3)27-29)48-43-24-22-41(53-43)46(32-10-14-34(15-11-32)49(4,5)6)39-20-18-37(51-39)36(28-55)38-19-21-40(52-38)47(42-23-25-44(48)54-42)33-12-16-35(17-13-33)50(7,8)9/h10-28H,1-9H3. The molecule has 5 aliphatic heterocycles.